The Balaban J connectivity index is 1.81. The van der Waals surface area contributed by atoms with Gasteiger partial charge in [0.15, 0.2) is 0 Å². The second-order valence-corrected chi connectivity index (χ2v) is 8.62. The third kappa shape index (κ3) is 3.52. The van der Waals surface area contributed by atoms with Crippen molar-refractivity contribution in [2.24, 2.45) is 0 Å². The first kappa shape index (κ1) is 18.6. The van der Waals surface area contributed by atoms with Crippen LogP contribution in [0, 0.1) is 20.8 Å². The van der Waals surface area contributed by atoms with E-state index in [1.165, 1.54) is 28.6 Å². The van der Waals surface area contributed by atoms with Crippen LogP contribution in [0.2, 0.25) is 0 Å². The standard InChI is InChI=1S/C20H23NO4S/c1-14-6-7-15(2)19(16(14)3)25-20(22)17-8-10-18(11-9-17)26(23,24)21-12-4-5-13-21/h6-11H,4-5,12-13H2,1-3H3. The summed E-state index contributed by atoms with van der Waals surface area (Å²) in [7, 11) is -3.48. The number of ether oxygens (including phenoxy) is 1. The Morgan fingerprint density at radius 1 is 0.923 bits per heavy atom. The smallest absolute Gasteiger partial charge is 0.343 e. The van der Waals surface area contributed by atoms with Crippen molar-refractivity contribution in [2.75, 3.05) is 13.1 Å². The summed E-state index contributed by atoms with van der Waals surface area (Å²) < 4.78 is 32.1. The summed E-state index contributed by atoms with van der Waals surface area (Å²) >= 11 is 0. The predicted octanol–water partition coefficient (Wildman–Crippen LogP) is 3.62. The van der Waals surface area contributed by atoms with Crippen molar-refractivity contribution in [3.05, 3.63) is 58.7 Å². The molecule has 2 aromatic rings. The van der Waals surface area contributed by atoms with Crippen LogP contribution in [0.25, 0.3) is 0 Å². The van der Waals surface area contributed by atoms with Gasteiger partial charge in [0.2, 0.25) is 10.0 Å². The zero-order chi connectivity index (χ0) is 18.9. The number of aryl methyl sites for hydroxylation is 2. The summed E-state index contributed by atoms with van der Waals surface area (Å²) in [6, 6.07) is 9.86. The molecule has 1 aliphatic heterocycles. The first-order valence-corrected chi connectivity index (χ1v) is 10.1. The van der Waals surface area contributed by atoms with Gasteiger partial charge in [-0.1, -0.05) is 12.1 Å². The van der Waals surface area contributed by atoms with Crippen molar-refractivity contribution in [3.63, 3.8) is 0 Å². The van der Waals surface area contributed by atoms with Gasteiger partial charge in [-0.3, -0.25) is 0 Å². The number of benzene rings is 2. The fourth-order valence-electron chi connectivity index (χ4n) is 3.07. The van der Waals surface area contributed by atoms with Gasteiger partial charge in [0.1, 0.15) is 5.75 Å². The normalized spacial score (nSPS) is 15.2. The Morgan fingerprint density at radius 3 is 2.12 bits per heavy atom. The number of carbonyl (C=O) groups excluding carboxylic acids is 1. The van der Waals surface area contributed by atoms with Gasteiger partial charge in [-0.25, -0.2) is 13.2 Å². The molecule has 5 nitrogen and oxygen atoms in total. The Labute approximate surface area is 154 Å². The van der Waals surface area contributed by atoms with Crippen LogP contribution in [0.4, 0.5) is 0 Å². The van der Waals surface area contributed by atoms with Gasteiger partial charge in [0.05, 0.1) is 10.5 Å². The fraction of sp³-hybridized carbons (Fsp3) is 0.350. The molecule has 0 aliphatic carbocycles. The molecule has 0 atom stereocenters. The molecule has 0 spiro atoms. The summed E-state index contributed by atoms with van der Waals surface area (Å²) in [5.74, 6) is 0.0654. The van der Waals surface area contributed by atoms with E-state index in [0.717, 1.165) is 29.5 Å². The molecule has 3 rings (SSSR count). The highest BCUT2D eigenvalue weighted by atomic mass is 32.2. The lowest BCUT2D eigenvalue weighted by atomic mass is 10.1. The van der Waals surface area contributed by atoms with E-state index in [9.17, 15) is 13.2 Å². The Hall–Kier alpha value is -2.18. The second-order valence-electron chi connectivity index (χ2n) is 6.68. The third-order valence-electron chi connectivity index (χ3n) is 4.86. The zero-order valence-corrected chi connectivity index (χ0v) is 16.1. The minimum absolute atomic E-state index is 0.207. The van der Waals surface area contributed by atoms with E-state index in [1.54, 1.807) is 0 Å². The maximum atomic E-state index is 12.5. The number of hydrogen-bond acceptors (Lipinski definition) is 4. The SMILES string of the molecule is Cc1ccc(C)c(OC(=O)c2ccc(S(=O)(=O)N3CCCC3)cc2)c1C. The van der Waals surface area contributed by atoms with Gasteiger partial charge in [-0.2, -0.15) is 4.31 Å². The van der Waals surface area contributed by atoms with Gasteiger partial charge in [-0.05, 0) is 74.6 Å². The van der Waals surface area contributed by atoms with Crippen LogP contribution in [-0.2, 0) is 10.0 Å². The molecule has 0 amide bonds. The van der Waals surface area contributed by atoms with Gasteiger partial charge in [0, 0.05) is 13.1 Å². The van der Waals surface area contributed by atoms with Crippen molar-refractivity contribution >= 4 is 16.0 Å². The van der Waals surface area contributed by atoms with E-state index in [0.29, 0.717) is 24.4 Å². The molecule has 0 N–H and O–H groups in total. The Kier molecular flexibility index (Phi) is 5.16. The lowest BCUT2D eigenvalue weighted by Crippen LogP contribution is -2.27. The fourth-order valence-corrected chi connectivity index (χ4v) is 4.59. The lowest BCUT2D eigenvalue weighted by Gasteiger charge is -2.16. The van der Waals surface area contributed by atoms with E-state index in [2.05, 4.69) is 0 Å². The van der Waals surface area contributed by atoms with Crippen LogP contribution >= 0.6 is 0 Å². The van der Waals surface area contributed by atoms with E-state index in [4.69, 9.17) is 4.74 Å². The van der Waals surface area contributed by atoms with E-state index < -0.39 is 16.0 Å². The first-order chi connectivity index (χ1) is 12.3. The minimum Gasteiger partial charge on any atom is -0.422 e. The molecule has 0 saturated carbocycles. The van der Waals surface area contributed by atoms with E-state index in [1.807, 2.05) is 32.9 Å². The van der Waals surface area contributed by atoms with Crippen LogP contribution < -0.4 is 4.74 Å². The van der Waals surface area contributed by atoms with Gasteiger partial charge >= 0.3 is 5.97 Å². The van der Waals surface area contributed by atoms with Crippen LogP contribution in [0.5, 0.6) is 5.75 Å². The third-order valence-corrected chi connectivity index (χ3v) is 6.77. The highest BCUT2D eigenvalue weighted by Crippen LogP contribution is 2.27. The summed E-state index contributed by atoms with van der Waals surface area (Å²) in [4.78, 5) is 12.7. The highest BCUT2D eigenvalue weighted by molar-refractivity contribution is 7.89. The van der Waals surface area contributed by atoms with Crippen LogP contribution in [0.1, 0.15) is 39.9 Å². The van der Waals surface area contributed by atoms with Crippen molar-refractivity contribution in [2.45, 2.75) is 38.5 Å². The Bertz CT molecular complexity index is 927. The van der Waals surface area contributed by atoms with Crippen molar-refractivity contribution in [3.8, 4) is 5.75 Å². The molecular formula is C20H23NO4S. The lowest BCUT2D eigenvalue weighted by molar-refractivity contribution is 0.0732. The Morgan fingerprint density at radius 2 is 1.50 bits per heavy atom. The number of hydrogen-bond donors (Lipinski definition) is 0. The number of rotatable bonds is 4. The molecule has 1 fully saturated rings. The van der Waals surface area contributed by atoms with Crippen LogP contribution in [-0.4, -0.2) is 31.8 Å². The predicted molar refractivity (Wildman–Crippen MR) is 100 cm³/mol. The van der Waals surface area contributed by atoms with Crippen LogP contribution in [0.3, 0.4) is 0 Å². The monoisotopic (exact) mass is 373 g/mol. The number of carbonyl (C=O) groups is 1. The highest BCUT2D eigenvalue weighted by Gasteiger charge is 2.27. The molecule has 0 unspecified atom stereocenters. The minimum atomic E-state index is -3.48. The molecule has 0 radical (unpaired) electrons. The maximum Gasteiger partial charge on any atom is 0.343 e. The van der Waals surface area contributed by atoms with Gasteiger partial charge in [-0.15, -0.1) is 0 Å². The topological polar surface area (TPSA) is 63.7 Å². The molecule has 1 heterocycles. The van der Waals surface area contributed by atoms with Gasteiger partial charge in [0.25, 0.3) is 0 Å². The average Bonchev–Trinajstić information content (AvgIpc) is 3.17. The summed E-state index contributed by atoms with van der Waals surface area (Å²) in [5.41, 5.74) is 3.18. The molecule has 2 aromatic carbocycles. The summed E-state index contributed by atoms with van der Waals surface area (Å²) in [6.45, 7) is 6.87. The number of sulfonamides is 1. The number of nitrogens with zero attached hydrogens (tertiary/aromatic N) is 1. The second kappa shape index (κ2) is 7.21. The zero-order valence-electron chi connectivity index (χ0n) is 15.3. The van der Waals surface area contributed by atoms with E-state index in [-0.39, 0.29) is 4.90 Å². The molecule has 6 heteroatoms. The molecule has 1 aliphatic rings. The first-order valence-electron chi connectivity index (χ1n) is 8.70. The molecule has 26 heavy (non-hydrogen) atoms. The average molecular weight is 373 g/mol. The van der Waals surface area contributed by atoms with Crippen molar-refractivity contribution in [1.82, 2.24) is 4.31 Å². The van der Waals surface area contributed by atoms with Crippen LogP contribution in [0.15, 0.2) is 41.3 Å². The summed E-state index contributed by atoms with van der Waals surface area (Å²) in [6.07, 6.45) is 1.78. The molecule has 1 saturated heterocycles. The molecule has 138 valence electrons. The van der Waals surface area contributed by atoms with Crippen molar-refractivity contribution < 1.29 is 17.9 Å². The molecule has 0 aromatic heterocycles. The molecular weight excluding hydrogens is 350 g/mol. The van der Waals surface area contributed by atoms with E-state index >= 15 is 0 Å². The van der Waals surface area contributed by atoms with Gasteiger partial charge < -0.3 is 4.74 Å². The molecule has 0 bridgehead atoms. The summed E-state index contributed by atoms with van der Waals surface area (Å²) in [5, 5.41) is 0. The number of esters is 1. The largest absolute Gasteiger partial charge is 0.422 e. The maximum absolute atomic E-state index is 12.5. The quantitative estimate of drug-likeness (QED) is 0.607. The van der Waals surface area contributed by atoms with Crippen molar-refractivity contribution in [1.29, 1.82) is 0 Å².